The number of carbonyl (C=O) groups excluding carboxylic acids is 17. The van der Waals surface area contributed by atoms with Crippen LogP contribution in [0.1, 0.15) is 141 Å². The molecule has 5 heterocycles. The Morgan fingerprint density at radius 1 is 0.562 bits per heavy atom. The van der Waals surface area contributed by atoms with Gasteiger partial charge in [0.25, 0.3) is 0 Å². The molecule has 128 heavy (non-hydrogen) atoms. The molecule has 3 aliphatic heterocycles. The molecular formula is C87H123N21O19S. The SMILES string of the molecule is CCCC[C@H]1C(=O)N(C)[C@@H](CCCC)C(=O)NC2(CC2)C(=O)N[C@H](C(=O)NCC(N)=O)CSCC(=O)N[C@@H](Cc2ccc(O)cc2)C(=O)N(C)[C@@H](C)C(=O)N[C@@H](CC(N)=O)C(=O)N2CCC[C@H]2C(=O)N[C@@H](CN)C(=O)N[C@@H](CC(C)C)C(=O)N2C[C@H](O)C[C@H]2C(=O)N[C@@H](Cc2c[nH]c3ccccc23)C(=O)N[C@@H](CCN)C(=O)N[C@@H](Cc2c[nH]c3ccccc23)C(=O)N1C. The zero-order chi connectivity index (χ0) is 93.5. The summed E-state index contributed by atoms with van der Waals surface area (Å²) in [6.45, 7) is 6.52. The Balaban J connectivity index is 1.07. The van der Waals surface area contributed by atoms with Crippen LogP contribution in [0.2, 0.25) is 0 Å². The number of nitrogens with two attached hydrogens (primary N) is 4. The number of unbranched alkanes of at least 4 members (excludes halogenated alkanes) is 2. The van der Waals surface area contributed by atoms with Crippen molar-refractivity contribution < 1.29 is 91.7 Å². The summed E-state index contributed by atoms with van der Waals surface area (Å²) in [6.07, 6.45) is 2.09. The summed E-state index contributed by atoms with van der Waals surface area (Å²) >= 11 is 0.807. The number of benzene rings is 3. The Hall–Kier alpha value is -12.2. The van der Waals surface area contributed by atoms with E-state index >= 15 is 33.6 Å². The van der Waals surface area contributed by atoms with Gasteiger partial charge in [0.1, 0.15) is 89.8 Å². The number of rotatable bonds is 22. The van der Waals surface area contributed by atoms with Gasteiger partial charge in [-0.15, -0.1) is 11.8 Å². The molecule has 0 unspecified atom stereocenters. The number of primary amides is 2. The summed E-state index contributed by atoms with van der Waals surface area (Å²) < 4.78 is 0. The summed E-state index contributed by atoms with van der Waals surface area (Å²) in [5.74, 6) is -16.5. The van der Waals surface area contributed by atoms with Gasteiger partial charge in [0.15, 0.2) is 0 Å². The van der Waals surface area contributed by atoms with E-state index in [1.165, 1.54) is 62.1 Å². The van der Waals surface area contributed by atoms with Gasteiger partial charge in [0.05, 0.1) is 24.8 Å². The Labute approximate surface area is 745 Å². The van der Waals surface area contributed by atoms with Gasteiger partial charge in [-0.2, -0.15) is 0 Å². The number of nitrogens with zero attached hydrogens (tertiary/aromatic N) is 5. The van der Waals surface area contributed by atoms with Crippen LogP contribution in [0, 0.1) is 5.92 Å². The van der Waals surface area contributed by atoms with Gasteiger partial charge < -0.3 is 121 Å². The van der Waals surface area contributed by atoms with Crippen molar-refractivity contribution >= 4 is 134 Å². The maximum atomic E-state index is 15.7. The maximum Gasteiger partial charge on any atom is 0.246 e. The molecule has 40 nitrogen and oxygen atoms in total. The molecule has 17 amide bonds. The number of nitrogens with one attached hydrogen (secondary N) is 12. The summed E-state index contributed by atoms with van der Waals surface area (Å²) in [5, 5.41) is 49.6. The number of hydrogen-bond acceptors (Lipinski definition) is 22. The molecule has 4 fully saturated rings. The first-order chi connectivity index (χ1) is 60.9. The van der Waals surface area contributed by atoms with Crippen LogP contribution in [0.15, 0.2) is 85.2 Å². The molecule has 1 spiro atoms. The number of carbonyl (C=O) groups is 17. The van der Waals surface area contributed by atoms with Gasteiger partial charge in [0.2, 0.25) is 100 Å². The van der Waals surface area contributed by atoms with E-state index in [1.807, 2.05) is 26.0 Å². The van der Waals surface area contributed by atoms with Crippen LogP contribution in [-0.2, 0) is 101 Å². The maximum absolute atomic E-state index is 15.7. The Bertz CT molecular complexity index is 4870. The molecule has 9 rings (SSSR count). The number of para-hydroxylation sites is 2. The molecule has 4 aliphatic rings. The first-order valence-electron chi connectivity index (χ1n) is 43.5. The van der Waals surface area contributed by atoms with Crippen molar-refractivity contribution in [3.8, 4) is 5.75 Å². The molecule has 696 valence electrons. The number of thioether (sulfide) groups is 1. The lowest BCUT2D eigenvalue weighted by Crippen LogP contribution is -2.62. The van der Waals surface area contributed by atoms with E-state index in [2.05, 4.69) is 63.1 Å². The lowest BCUT2D eigenvalue weighted by atomic mass is 9.99. The highest BCUT2D eigenvalue weighted by atomic mass is 32.2. The first kappa shape index (κ1) is 99.5. The van der Waals surface area contributed by atoms with Gasteiger partial charge >= 0.3 is 0 Å². The monoisotopic (exact) mass is 1800 g/mol. The highest BCUT2D eigenvalue weighted by Gasteiger charge is 2.54. The smallest absolute Gasteiger partial charge is 0.246 e. The lowest BCUT2D eigenvalue weighted by Gasteiger charge is -2.36. The number of hydrogen-bond donors (Lipinski definition) is 18. The van der Waals surface area contributed by atoms with E-state index in [9.17, 15) is 58.2 Å². The highest BCUT2D eigenvalue weighted by molar-refractivity contribution is 8.00. The Morgan fingerprint density at radius 2 is 1.09 bits per heavy atom. The average molecular weight is 1800 g/mol. The molecule has 0 bridgehead atoms. The Morgan fingerprint density at radius 3 is 1.69 bits per heavy atom. The number of phenolic OH excluding ortho intramolecular Hbond substituents is 1. The average Bonchev–Trinajstić information content (AvgIpc) is 1.63. The predicted molar refractivity (Wildman–Crippen MR) is 472 cm³/mol. The second-order valence-corrected chi connectivity index (χ2v) is 34.8. The third-order valence-corrected chi connectivity index (χ3v) is 24.8. The van der Waals surface area contributed by atoms with Crippen LogP contribution in [-0.4, -0.2) is 301 Å². The van der Waals surface area contributed by atoms with E-state index in [0.717, 1.165) is 26.5 Å². The number of H-pyrrole nitrogens is 2. The quantitative estimate of drug-likeness (QED) is 0.0336. The van der Waals surface area contributed by atoms with Gasteiger partial charge in [-0.1, -0.05) is 102 Å². The van der Waals surface area contributed by atoms with Gasteiger partial charge in [-0.25, -0.2) is 0 Å². The van der Waals surface area contributed by atoms with Crippen molar-refractivity contribution in [3.05, 3.63) is 102 Å². The molecule has 22 N–H and O–H groups in total. The van der Waals surface area contributed by atoms with E-state index < -0.39 is 222 Å². The molecule has 0 radical (unpaired) electrons. The molecule has 3 saturated heterocycles. The zero-order valence-electron chi connectivity index (χ0n) is 73.5. The number of amides is 17. The van der Waals surface area contributed by atoms with Crippen molar-refractivity contribution in [3.63, 3.8) is 0 Å². The van der Waals surface area contributed by atoms with E-state index in [0.29, 0.717) is 64.2 Å². The zero-order valence-corrected chi connectivity index (χ0v) is 74.3. The van der Waals surface area contributed by atoms with E-state index in [1.54, 1.807) is 62.6 Å². The van der Waals surface area contributed by atoms with E-state index in [4.69, 9.17) is 22.9 Å². The van der Waals surface area contributed by atoms with Crippen LogP contribution >= 0.6 is 11.8 Å². The van der Waals surface area contributed by atoms with Crippen molar-refractivity contribution in [2.75, 3.05) is 65.4 Å². The second kappa shape index (κ2) is 46.0. The Kier molecular flexibility index (Phi) is 35.7. The topological polar surface area (TPSA) is 603 Å². The number of aliphatic hydroxyl groups is 1. The number of aromatic hydroxyl groups is 1. The van der Waals surface area contributed by atoms with Gasteiger partial charge in [-0.3, -0.25) is 81.5 Å². The summed E-state index contributed by atoms with van der Waals surface area (Å²) in [5.41, 5.74) is 24.7. The molecule has 14 atom stereocenters. The summed E-state index contributed by atoms with van der Waals surface area (Å²) in [7, 11) is 4.02. The summed E-state index contributed by atoms with van der Waals surface area (Å²) in [6, 6.07) is 0.610. The van der Waals surface area contributed by atoms with Crippen molar-refractivity contribution in [1.82, 2.24) is 87.6 Å². The lowest BCUT2D eigenvalue weighted by molar-refractivity contribution is -0.149. The molecule has 5 aromatic rings. The minimum absolute atomic E-state index is 0.00181. The summed E-state index contributed by atoms with van der Waals surface area (Å²) in [4.78, 5) is 260. The van der Waals surface area contributed by atoms with Gasteiger partial charge in [0, 0.05) is 106 Å². The predicted octanol–water partition coefficient (Wildman–Crippen LogP) is -2.68. The number of fused-ring (bicyclic) bond motifs is 4. The second-order valence-electron chi connectivity index (χ2n) is 33.8. The minimum Gasteiger partial charge on any atom is -0.508 e. The van der Waals surface area contributed by atoms with Crippen molar-refractivity contribution in [2.24, 2.45) is 28.9 Å². The molecule has 2 aromatic heterocycles. The molecule has 41 heteroatoms. The third kappa shape index (κ3) is 26.0. The minimum atomic E-state index is -1.75. The van der Waals surface area contributed by atoms with Crippen LogP contribution in [0.25, 0.3) is 21.8 Å². The van der Waals surface area contributed by atoms with Crippen LogP contribution in [0.5, 0.6) is 5.75 Å². The fourth-order valence-corrected chi connectivity index (χ4v) is 17.1. The number of likely N-dealkylation sites (N-methyl/N-ethyl adjacent to an activating group) is 3. The van der Waals surface area contributed by atoms with Crippen LogP contribution < -0.4 is 76.1 Å². The number of aliphatic hydroxyl groups excluding tert-OH is 1. The molecule has 3 aromatic carbocycles. The van der Waals surface area contributed by atoms with E-state index in [-0.39, 0.29) is 108 Å². The number of aromatic nitrogens is 2. The largest absolute Gasteiger partial charge is 0.508 e. The van der Waals surface area contributed by atoms with Gasteiger partial charge in [-0.05, 0) is 112 Å². The standard InChI is InChI=1S/C87H123N21O19S/c1-9-11-22-66-80(121)103-87(30-31-87)86(127)102-65(74(115)94-43-71(91)112)45-128-46-72(113)95-61(35-49-25-27-52(109)28-26-49)81(122)104(6)48(5)73(114)98-63(39-70(90)111)83(124)107-33-17-24-67(107)78(119)101-64(40-89)77(118)99-60(34-47(3)4)84(125)108-44-53(110)38-69(108)79(120)97-59(36-50-41-92-56-20-15-13-18-54(50)56)76(117)96-58(29-32-88)75(116)100-62(37-51-42-93-57-21-16-14-19-55(51)57)82(123)106(8)68(23-12-10-2)85(126)105(66)7/h13-16,18-21,25-28,41-42,47-48,53,58-69,92-93,109-110H,9-12,17,22-24,29-40,43-46,88-89H2,1-8H3,(H2,90,111)(H2,91,112)(H,94,115)(H,95,113)(H,96,117)(H,97,120)(H,98,114)(H,99,118)(H,100,116)(H,101,119)(H,102,127)(H,103,121)/t48-,53+,58-,59-,60-,61-,62-,63-,64-,65-,66-,67-,68-,69-/m0/s1. The fraction of sp³-hybridized carbons (Fsp3) is 0.552. The number of phenols is 1. The van der Waals surface area contributed by atoms with Crippen LogP contribution in [0.4, 0.5) is 0 Å². The third-order valence-electron chi connectivity index (χ3n) is 23.8. The van der Waals surface area contributed by atoms with Crippen molar-refractivity contribution in [2.45, 2.75) is 234 Å². The molecule has 1 saturated carbocycles. The first-order valence-corrected chi connectivity index (χ1v) is 44.6. The highest BCUT2D eigenvalue weighted by Crippen LogP contribution is 2.37. The molecule has 1 aliphatic carbocycles. The normalized spacial score (nSPS) is 25.7. The molecular weight excluding hydrogens is 1680 g/mol. The van der Waals surface area contributed by atoms with Crippen molar-refractivity contribution in [1.29, 1.82) is 0 Å². The number of aromatic amines is 2. The van der Waals surface area contributed by atoms with Crippen LogP contribution in [0.3, 0.4) is 0 Å². The fourth-order valence-electron chi connectivity index (χ4n) is 16.2.